The second kappa shape index (κ2) is 4.93. The van der Waals surface area contributed by atoms with Crippen LogP contribution in [0.5, 0.6) is 0 Å². The van der Waals surface area contributed by atoms with E-state index < -0.39 is 17.6 Å². The summed E-state index contributed by atoms with van der Waals surface area (Å²) < 4.78 is 50.9. The maximum Gasteiger partial charge on any atom is 0.416 e. The summed E-state index contributed by atoms with van der Waals surface area (Å²) in [4.78, 5) is 3.89. The van der Waals surface area contributed by atoms with Crippen molar-refractivity contribution in [3.63, 3.8) is 0 Å². The average Bonchev–Trinajstić information content (AvgIpc) is 2.79. The first-order chi connectivity index (χ1) is 8.47. The fourth-order valence-corrected chi connectivity index (χ4v) is 1.98. The molecule has 0 saturated carbocycles. The van der Waals surface area contributed by atoms with Crippen molar-refractivity contribution < 1.29 is 17.6 Å². The number of halogens is 4. The number of rotatable bonds is 3. The average molecular weight is 276 g/mol. The van der Waals surface area contributed by atoms with Crippen molar-refractivity contribution in [2.24, 2.45) is 0 Å². The van der Waals surface area contributed by atoms with Gasteiger partial charge in [-0.3, -0.25) is 0 Å². The second-order valence-electron chi connectivity index (χ2n) is 3.49. The molecule has 0 bridgehead atoms. The first kappa shape index (κ1) is 12.8. The van der Waals surface area contributed by atoms with Gasteiger partial charge in [0.1, 0.15) is 5.82 Å². The van der Waals surface area contributed by atoms with Gasteiger partial charge in [-0.1, -0.05) is 6.07 Å². The number of benzene rings is 1. The topological polar surface area (TPSA) is 24.9 Å². The summed E-state index contributed by atoms with van der Waals surface area (Å²) in [7, 11) is 0. The summed E-state index contributed by atoms with van der Waals surface area (Å²) >= 11 is 1.28. The molecule has 1 heterocycles. The number of thiazole rings is 1. The van der Waals surface area contributed by atoms with Crippen LogP contribution >= 0.6 is 11.3 Å². The van der Waals surface area contributed by atoms with E-state index in [9.17, 15) is 17.6 Å². The molecule has 96 valence electrons. The van der Waals surface area contributed by atoms with Gasteiger partial charge in [0.05, 0.1) is 5.56 Å². The highest BCUT2D eigenvalue weighted by atomic mass is 32.1. The number of hydrogen-bond acceptors (Lipinski definition) is 3. The highest BCUT2D eigenvalue weighted by molar-refractivity contribution is 7.13. The predicted molar refractivity (Wildman–Crippen MR) is 60.8 cm³/mol. The molecular weight excluding hydrogens is 268 g/mol. The molecular formula is C11H8F4N2S. The second-order valence-corrected chi connectivity index (χ2v) is 4.38. The van der Waals surface area contributed by atoms with Crippen LogP contribution in [-0.2, 0) is 12.7 Å². The Hall–Kier alpha value is -1.63. The molecule has 1 aromatic carbocycles. The van der Waals surface area contributed by atoms with Gasteiger partial charge in [0.2, 0.25) is 0 Å². The van der Waals surface area contributed by atoms with Gasteiger partial charge in [0, 0.05) is 18.1 Å². The molecule has 0 atom stereocenters. The minimum Gasteiger partial charge on any atom is -0.357 e. The van der Waals surface area contributed by atoms with E-state index >= 15 is 0 Å². The van der Waals surface area contributed by atoms with Gasteiger partial charge in [-0.05, 0) is 17.7 Å². The molecule has 1 aromatic heterocycles. The van der Waals surface area contributed by atoms with Crippen molar-refractivity contribution >= 4 is 16.5 Å². The molecule has 0 unspecified atom stereocenters. The van der Waals surface area contributed by atoms with Gasteiger partial charge in [0.15, 0.2) is 5.13 Å². The largest absolute Gasteiger partial charge is 0.416 e. The first-order valence-electron chi connectivity index (χ1n) is 4.96. The van der Waals surface area contributed by atoms with E-state index in [1.165, 1.54) is 11.3 Å². The number of hydrogen-bond donors (Lipinski definition) is 1. The minimum absolute atomic E-state index is 0.0147. The number of nitrogens with one attached hydrogen (secondary N) is 1. The van der Waals surface area contributed by atoms with Crippen LogP contribution in [0.1, 0.15) is 11.1 Å². The minimum atomic E-state index is -4.57. The van der Waals surface area contributed by atoms with E-state index in [0.29, 0.717) is 11.2 Å². The smallest absolute Gasteiger partial charge is 0.357 e. The summed E-state index contributed by atoms with van der Waals surface area (Å²) in [6, 6.07) is 2.63. The number of alkyl halides is 3. The molecule has 1 N–H and O–H groups in total. The van der Waals surface area contributed by atoms with Crippen molar-refractivity contribution in [1.82, 2.24) is 4.98 Å². The third-order valence-electron chi connectivity index (χ3n) is 2.24. The Bertz CT molecular complexity index is 522. The van der Waals surface area contributed by atoms with Crippen LogP contribution in [0.4, 0.5) is 22.7 Å². The zero-order valence-corrected chi connectivity index (χ0v) is 9.78. The standard InChI is InChI=1S/C11H8F4N2S/c12-8-2-1-7(9(5-8)11(13,14)15)6-17-10-16-3-4-18-10/h1-5H,6H2,(H,16,17). The molecule has 0 spiro atoms. The van der Waals surface area contributed by atoms with Gasteiger partial charge in [-0.15, -0.1) is 11.3 Å². The van der Waals surface area contributed by atoms with E-state index in [0.717, 1.165) is 12.1 Å². The molecule has 18 heavy (non-hydrogen) atoms. The monoisotopic (exact) mass is 276 g/mol. The normalized spacial score (nSPS) is 11.6. The van der Waals surface area contributed by atoms with Crippen LogP contribution in [0.3, 0.4) is 0 Å². The van der Waals surface area contributed by atoms with Gasteiger partial charge in [-0.2, -0.15) is 13.2 Å². The van der Waals surface area contributed by atoms with E-state index in [2.05, 4.69) is 10.3 Å². The first-order valence-corrected chi connectivity index (χ1v) is 5.84. The Labute approximate surface area is 104 Å². The lowest BCUT2D eigenvalue weighted by Crippen LogP contribution is -2.12. The fraction of sp³-hybridized carbons (Fsp3) is 0.182. The molecule has 0 aliphatic rings. The molecule has 0 saturated heterocycles. The Kier molecular flexibility index (Phi) is 3.51. The molecule has 2 aromatic rings. The van der Waals surface area contributed by atoms with E-state index in [1.54, 1.807) is 11.6 Å². The maximum absolute atomic E-state index is 12.9. The van der Waals surface area contributed by atoms with Crippen LogP contribution in [0.15, 0.2) is 29.8 Å². The summed E-state index contributed by atoms with van der Waals surface area (Å²) in [5, 5.41) is 4.98. The number of nitrogens with zero attached hydrogens (tertiary/aromatic N) is 1. The summed E-state index contributed by atoms with van der Waals surface area (Å²) in [6.07, 6.45) is -3.02. The zero-order valence-electron chi connectivity index (χ0n) is 8.96. The molecule has 0 aliphatic heterocycles. The Balaban J connectivity index is 2.22. The molecule has 0 fully saturated rings. The quantitative estimate of drug-likeness (QED) is 0.860. The van der Waals surface area contributed by atoms with E-state index in [-0.39, 0.29) is 12.1 Å². The lowest BCUT2D eigenvalue weighted by atomic mass is 10.1. The van der Waals surface area contributed by atoms with Crippen molar-refractivity contribution in [3.05, 3.63) is 46.7 Å². The lowest BCUT2D eigenvalue weighted by Gasteiger charge is -2.13. The third kappa shape index (κ3) is 2.98. The Morgan fingerprint density at radius 3 is 2.67 bits per heavy atom. The zero-order chi connectivity index (χ0) is 13.2. The number of aromatic nitrogens is 1. The molecule has 2 nitrogen and oxygen atoms in total. The van der Waals surface area contributed by atoms with Crippen LogP contribution in [0.25, 0.3) is 0 Å². The Morgan fingerprint density at radius 2 is 2.06 bits per heavy atom. The van der Waals surface area contributed by atoms with Crippen LogP contribution in [-0.4, -0.2) is 4.98 Å². The summed E-state index contributed by atoms with van der Waals surface area (Å²) in [5.74, 6) is -0.902. The maximum atomic E-state index is 12.9. The van der Waals surface area contributed by atoms with Gasteiger partial charge >= 0.3 is 6.18 Å². The van der Waals surface area contributed by atoms with Crippen molar-refractivity contribution in [2.75, 3.05) is 5.32 Å². The van der Waals surface area contributed by atoms with Crippen LogP contribution < -0.4 is 5.32 Å². The molecule has 0 radical (unpaired) electrons. The molecule has 7 heteroatoms. The molecule has 2 rings (SSSR count). The lowest BCUT2D eigenvalue weighted by molar-refractivity contribution is -0.138. The van der Waals surface area contributed by atoms with Crippen LogP contribution in [0.2, 0.25) is 0 Å². The molecule has 0 aliphatic carbocycles. The molecule has 0 amide bonds. The summed E-state index contributed by atoms with van der Waals surface area (Å²) in [6.45, 7) is -0.0529. The summed E-state index contributed by atoms with van der Waals surface area (Å²) in [5.41, 5.74) is -0.981. The SMILES string of the molecule is Fc1ccc(CNc2nccs2)c(C(F)(F)F)c1. The highest BCUT2D eigenvalue weighted by Crippen LogP contribution is 2.32. The van der Waals surface area contributed by atoms with Crippen molar-refractivity contribution in [1.29, 1.82) is 0 Å². The Morgan fingerprint density at radius 1 is 1.28 bits per heavy atom. The highest BCUT2D eigenvalue weighted by Gasteiger charge is 2.33. The van der Waals surface area contributed by atoms with Crippen molar-refractivity contribution in [3.8, 4) is 0 Å². The van der Waals surface area contributed by atoms with E-state index in [4.69, 9.17) is 0 Å². The third-order valence-corrected chi connectivity index (χ3v) is 2.97. The van der Waals surface area contributed by atoms with Crippen molar-refractivity contribution in [2.45, 2.75) is 12.7 Å². The van der Waals surface area contributed by atoms with Gasteiger partial charge in [0.25, 0.3) is 0 Å². The van der Waals surface area contributed by atoms with E-state index in [1.807, 2.05) is 0 Å². The number of anilines is 1. The van der Waals surface area contributed by atoms with Gasteiger partial charge < -0.3 is 5.32 Å². The predicted octanol–water partition coefficient (Wildman–Crippen LogP) is 3.91. The van der Waals surface area contributed by atoms with Crippen LogP contribution in [0, 0.1) is 5.82 Å². The van der Waals surface area contributed by atoms with Gasteiger partial charge in [-0.25, -0.2) is 9.37 Å². The fourth-order valence-electron chi connectivity index (χ4n) is 1.45.